The van der Waals surface area contributed by atoms with Crippen LogP contribution in [-0.2, 0) is 6.42 Å². The van der Waals surface area contributed by atoms with Gasteiger partial charge in [-0.2, -0.15) is 0 Å². The lowest BCUT2D eigenvalue weighted by Gasteiger charge is -2.08. The third-order valence-corrected chi connectivity index (χ3v) is 3.58. The van der Waals surface area contributed by atoms with Gasteiger partial charge in [-0.1, -0.05) is 12.1 Å². The van der Waals surface area contributed by atoms with Crippen LogP contribution < -0.4 is 14.8 Å². The van der Waals surface area contributed by atoms with Crippen LogP contribution in [0.1, 0.15) is 29.3 Å². The first-order valence-corrected chi connectivity index (χ1v) is 7.97. The smallest absolute Gasteiger partial charge is 0.251 e. The lowest BCUT2D eigenvalue weighted by atomic mass is 10.1. The Kier molecular flexibility index (Phi) is 6.61. The molecule has 0 unspecified atom stereocenters. The number of rotatable bonds is 8. The molecular formula is C19H22FNO3. The minimum Gasteiger partial charge on any atom is -0.494 e. The topological polar surface area (TPSA) is 47.6 Å². The Morgan fingerprint density at radius 3 is 2.54 bits per heavy atom. The summed E-state index contributed by atoms with van der Waals surface area (Å²) in [5, 5.41) is 2.79. The summed E-state index contributed by atoms with van der Waals surface area (Å²) in [5.74, 6) is 0.154. The summed E-state index contributed by atoms with van der Waals surface area (Å²) >= 11 is 0. The molecule has 0 saturated heterocycles. The van der Waals surface area contributed by atoms with Crippen LogP contribution in [0.5, 0.6) is 11.5 Å². The van der Waals surface area contributed by atoms with Gasteiger partial charge in [0.2, 0.25) is 0 Å². The molecule has 0 aliphatic carbocycles. The number of halogens is 1. The van der Waals surface area contributed by atoms with Crippen LogP contribution in [0.4, 0.5) is 4.39 Å². The van der Waals surface area contributed by atoms with Crippen molar-refractivity contribution in [3.8, 4) is 11.5 Å². The fraction of sp³-hybridized carbons (Fsp3) is 0.316. The number of methoxy groups -OCH3 is 1. The zero-order chi connectivity index (χ0) is 17.4. The van der Waals surface area contributed by atoms with Crippen molar-refractivity contribution in [1.82, 2.24) is 5.32 Å². The first-order valence-electron chi connectivity index (χ1n) is 7.97. The Bertz CT molecular complexity index is 671. The van der Waals surface area contributed by atoms with Crippen LogP contribution in [0.3, 0.4) is 0 Å². The highest BCUT2D eigenvalue weighted by Crippen LogP contribution is 2.17. The molecule has 0 aromatic heterocycles. The first kappa shape index (κ1) is 17.8. The molecule has 0 aliphatic heterocycles. The van der Waals surface area contributed by atoms with Gasteiger partial charge in [0.05, 0.1) is 13.7 Å². The van der Waals surface area contributed by atoms with Crippen LogP contribution in [-0.4, -0.2) is 26.2 Å². The van der Waals surface area contributed by atoms with Crippen LogP contribution in [0.15, 0.2) is 42.5 Å². The second-order valence-corrected chi connectivity index (χ2v) is 5.29. The van der Waals surface area contributed by atoms with E-state index in [4.69, 9.17) is 9.47 Å². The van der Waals surface area contributed by atoms with E-state index >= 15 is 0 Å². The van der Waals surface area contributed by atoms with Crippen molar-refractivity contribution in [1.29, 1.82) is 0 Å². The van der Waals surface area contributed by atoms with Gasteiger partial charge in [-0.05, 0) is 55.7 Å². The van der Waals surface area contributed by atoms with Crippen molar-refractivity contribution in [2.24, 2.45) is 0 Å². The maximum Gasteiger partial charge on any atom is 0.251 e. The molecule has 0 aliphatic rings. The van der Waals surface area contributed by atoms with Gasteiger partial charge >= 0.3 is 0 Å². The Balaban J connectivity index is 1.77. The predicted octanol–water partition coefficient (Wildman–Crippen LogP) is 3.60. The molecule has 0 spiro atoms. The summed E-state index contributed by atoms with van der Waals surface area (Å²) < 4.78 is 23.8. The zero-order valence-electron chi connectivity index (χ0n) is 14.0. The molecular weight excluding hydrogens is 309 g/mol. The van der Waals surface area contributed by atoms with Gasteiger partial charge in [0.1, 0.15) is 5.75 Å². The number of hydrogen-bond acceptors (Lipinski definition) is 3. The number of nitrogens with one attached hydrogen (secondary N) is 1. The molecule has 0 saturated carbocycles. The highest BCUT2D eigenvalue weighted by Gasteiger charge is 2.09. The predicted molar refractivity (Wildman–Crippen MR) is 91.2 cm³/mol. The molecule has 0 bridgehead atoms. The summed E-state index contributed by atoms with van der Waals surface area (Å²) in [6, 6.07) is 12.1. The van der Waals surface area contributed by atoms with E-state index in [1.807, 2.05) is 31.2 Å². The van der Waals surface area contributed by atoms with E-state index in [1.54, 1.807) is 6.07 Å². The number of benzene rings is 2. The molecule has 24 heavy (non-hydrogen) atoms. The number of carbonyl (C=O) groups is 1. The molecule has 0 radical (unpaired) electrons. The van der Waals surface area contributed by atoms with Crippen molar-refractivity contribution in [2.45, 2.75) is 19.8 Å². The average molecular weight is 331 g/mol. The number of hydrogen-bond donors (Lipinski definition) is 1. The van der Waals surface area contributed by atoms with Gasteiger partial charge in [0.15, 0.2) is 11.6 Å². The molecule has 2 aromatic carbocycles. The van der Waals surface area contributed by atoms with Crippen LogP contribution in [0.25, 0.3) is 0 Å². The normalized spacial score (nSPS) is 10.3. The Labute approximate surface area is 141 Å². The lowest BCUT2D eigenvalue weighted by Crippen LogP contribution is -2.24. The largest absolute Gasteiger partial charge is 0.494 e. The van der Waals surface area contributed by atoms with Crippen LogP contribution in [0, 0.1) is 5.82 Å². The molecule has 1 N–H and O–H groups in total. The average Bonchev–Trinajstić information content (AvgIpc) is 2.60. The lowest BCUT2D eigenvalue weighted by molar-refractivity contribution is 0.0952. The van der Waals surface area contributed by atoms with Crippen molar-refractivity contribution in [3.63, 3.8) is 0 Å². The van der Waals surface area contributed by atoms with E-state index < -0.39 is 5.82 Å². The van der Waals surface area contributed by atoms with Gasteiger partial charge in [-0.25, -0.2) is 4.39 Å². The quantitative estimate of drug-likeness (QED) is 0.752. The van der Waals surface area contributed by atoms with Gasteiger partial charge in [-0.15, -0.1) is 0 Å². The Morgan fingerprint density at radius 2 is 1.92 bits per heavy atom. The van der Waals surface area contributed by atoms with Gasteiger partial charge in [0, 0.05) is 12.1 Å². The highest BCUT2D eigenvalue weighted by atomic mass is 19.1. The Hall–Kier alpha value is -2.56. The molecule has 0 atom stereocenters. The summed E-state index contributed by atoms with van der Waals surface area (Å²) in [7, 11) is 1.39. The third-order valence-electron chi connectivity index (χ3n) is 3.58. The maximum absolute atomic E-state index is 13.6. The number of ether oxygens (including phenoxy) is 2. The number of aryl methyl sites for hydroxylation is 1. The van der Waals surface area contributed by atoms with E-state index in [9.17, 15) is 9.18 Å². The summed E-state index contributed by atoms with van der Waals surface area (Å²) in [6.07, 6.45) is 1.65. The molecule has 0 fully saturated rings. The zero-order valence-corrected chi connectivity index (χ0v) is 14.0. The monoisotopic (exact) mass is 331 g/mol. The molecule has 4 nitrogen and oxygen atoms in total. The second-order valence-electron chi connectivity index (χ2n) is 5.29. The minimum atomic E-state index is -0.542. The van der Waals surface area contributed by atoms with Gasteiger partial charge in [-0.3, -0.25) is 4.79 Å². The molecule has 2 rings (SSSR count). The fourth-order valence-electron chi connectivity index (χ4n) is 2.32. The maximum atomic E-state index is 13.6. The Morgan fingerprint density at radius 1 is 1.17 bits per heavy atom. The molecule has 5 heteroatoms. The highest BCUT2D eigenvalue weighted by molar-refractivity contribution is 5.94. The molecule has 0 heterocycles. The van der Waals surface area contributed by atoms with E-state index in [0.717, 1.165) is 18.6 Å². The third kappa shape index (κ3) is 4.98. The molecule has 1 amide bonds. The summed E-state index contributed by atoms with van der Waals surface area (Å²) in [5.41, 5.74) is 1.47. The number of amides is 1. The van der Waals surface area contributed by atoms with E-state index in [-0.39, 0.29) is 17.2 Å². The van der Waals surface area contributed by atoms with Crippen molar-refractivity contribution in [3.05, 3.63) is 59.4 Å². The van der Waals surface area contributed by atoms with Gasteiger partial charge < -0.3 is 14.8 Å². The van der Waals surface area contributed by atoms with E-state index in [1.165, 1.54) is 24.8 Å². The SMILES string of the molecule is CCOc1ccc(CCCNC(=O)c2ccc(OC)c(F)c2)cc1. The van der Waals surface area contributed by atoms with E-state index in [2.05, 4.69) is 5.32 Å². The number of carbonyl (C=O) groups excluding carboxylic acids is 1. The molecule has 2 aromatic rings. The standard InChI is InChI=1S/C19H22FNO3/c1-3-24-16-9-6-14(7-10-16)5-4-12-21-19(22)15-8-11-18(23-2)17(20)13-15/h6-11,13H,3-5,12H2,1-2H3,(H,21,22). The summed E-state index contributed by atoms with van der Waals surface area (Å²) in [6.45, 7) is 3.13. The van der Waals surface area contributed by atoms with Crippen LogP contribution in [0.2, 0.25) is 0 Å². The second kappa shape index (κ2) is 8.91. The fourth-order valence-corrected chi connectivity index (χ4v) is 2.32. The van der Waals surface area contributed by atoms with Crippen molar-refractivity contribution >= 4 is 5.91 Å². The van der Waals surface area contributed by atoms with Gasteiger partial charge in [0.25, 0.3) is 5.91 Å². The minimum absolute atomic E-state index is 0.127. The first-order chi connectivity index (χ1) is 11.6. The molecule has 128 valence electrons. The van der Waals surface area contributed by atoms with E-state index in [0.29, 0.717) is 13.2 Å². The van der Waals surface area contributed by atoms with Crippen molar-refractivity contribution < 1.29 is 18.7 Å². The summed E-state index contributed by atoms with van der Waals surface area (Å²) in [4.78, 5) is 12.0. The van der Waals surface area contributed by atoms with Crippen LogP contribution >= 0.6 is 0 Å². The van der Waals surface area contributed by atoms with Crippen molar-refractivity contribution in [2.75, 3.05) is 20.3 Å².